The van der Waals surface area contributed by atoms with E-state index in [-0.39, 0.29) is 33.4 Å². The fourth-order valence-corrected chi connectivity index (χ4v) is 2.63. The van der Waals surface area contributed by atoms with Gasteiger partial charge in [0.2, 0.25) is 0 Å². The van der Waals surface area contributed by atoms with E-state index < -0.39 is 23.9 Å². The molecule has 30 heavy (non-hydrogen) atoms. The third-order valence-corrected chi connectivity index (χ3v) is 4.61. The van der Waals surface area contributed by atoms with Crippen LogP contribution in [0, 0.1) is 5.41 Å². The largest absolute Gasteiger partial charge is 0.493 e. The molecule has 0 aliphatic carbocycles. The lowest BCUT2D eigenvalue weighted by atomic mass is 9.91. The number of ether oxygens (including phenoxy) is 3. The van der Waals surface area contributed by atoms with Crippen LogP contribution in [0.3, 0.4) is 0 Å². The molecule has 0 atom stereocenters. The van der Waals surface area contributed by atoms with Crippen LogP contribution in [0.25, 0.3) is 0 Å². The van der Waals surface area contributed by atoms with Gasteiger partial charge in [0, 0.05) is 17.5 Å². The first-order valence-electron chi connectivity index (χ1n) is 9.10. The van der Waals surface area contributed by atoms with Gasteiger partial charge in [-0.25, -0.2) is 4.79 Å². The minimum absolute atomic E-state index is 0.00904. The zero-order valence-corrected chi connectivity index (χ0v) is 18.3. The molecule has 1 amide bonds. The Kier molecular flexibility index (Phi) is 7.45. The molecule has 0 aromatic heterocycles. The molecule has 2 aromatic carbocycles. The number of benzene rings is 2. The molecule has 0 radical (unpaired) electrons. The summed E-state index contributed by atoms with van der Waals surface area (Å²) in [5.41, 5.74) is -0.282. The van der Waals surface area contributed by atoms with Crippen molar-refractivity contribution in [3.05, 3.63) is 52.5 Å². The maximum Gasteiger partial charge on any atom is 0.340 e. The van der Waals surface area contributed by atoms with Gasteiger partial charge >= 0.3 is 5.97 Å². The van der Waals surface area contributed by atoms with Crippen LogP contribution in [0.5, 0.6) is 11.5 Å². The van der Waals surface area contributed by atoms with Crippen molar-refractivity contribution in [1.29, 1.82) is 0 Å². The molecule has 2 rings (SSSR count). The summed E-state index contributed by atoms with van der Waals surface area (Å²) in [6.45, 7) is 4.80. The van der Waals surface area contributed by atoms with E-state index in [9.17, 15) is 14.4 Å². The predicted octanol–water partition coefficient (Wildman–Crippen LogP) is 4.38. The van der Waals surface area contributed by atoms with E-state index in [1.807, 2.05) is 0 Å². The summed E-state index contributed by atoms with van der Waals surface area (Å²) in [6, 6.07) is 9.32. The van der Waals surface area contributed by atoms with E-state index in [0.29, 0.717) is 5.75 Å². The number of halogens is 1. The summed E-state index contributed by atoms with van der Waals surface area (Å²) in [4.78, 5) is 37.5. The minimum Gasteiger partial charge on any atom is -0.493 e. The van der Waals surface area contributed by atoms with Gasteiger partial charge in [0.05, 0.1) is 36.1 Å². The lowest BCUT2D eigenvalue weighted by Gasteiger charge is -2.18. The van der Waals surface area contributed by atoms with Crippen LogP contribution in [-0.2, 0) is 9.53 Å². The average Bonchev–Trinajstić information content (AvgIpc) is 2.70. The highest BCUT2D eigenvalue weighted by molar-refractivity contribution is 6.34. The van der Waals surface area contributed by atoms with Crippen molar-refractivity contribution in [1.82, 2.24) is 0 Å². The monoisotopic (exact) mass is 433 g/mol. The predicted molar refractivity (Wildman–Crippen MR) is 114 cm³/mol. The highest BCUT2D eigenvalue weighted by Crippen LogP contribution is 2.34. The Morgan fingerprint density at radius 1 is 0.967 bits per heavy atom. The molecule has 160 valence electrons. The Balaban J connectivity index is 2.38. The number of amides is 1. The Labute approximate surface area is 180 Å². The maximum absolute atomic E-state index is 12.7. The van der Waals surface area contributed by atoms with E-state index in [4.69, 9.17) is 25.8 Å². The molecule has 0 aliphatic heterocycles. The maximum atomic E-state index is 12.7. The highest BCUT2D eigenvalue weighted by Gasteiger charge is 2.25. The summed E-state index contributed by atoms with van der Waals surface area (Å²) in [7, 11) is 2.84. The quantitative estimate of drug-likeness (QED) is 0.651. The normalized spacial score (nSPS) is 10.9. The standard InChI is InChI=1S/C22H24ClNO6/c1-22(2,3)19(25)12-30-21(27)14-10-17(28-4)18(29-5)11-16(14)24-20(26)13-8-6-7-9-15(13)23/h6-11H,12H2,1-5H3,(H,24,26). The number of ketones is 1. The average molecular weight is 434 g/mol. The van der Waals surface area contributed by atoms with Gasteiger partial charge in [0.1, 0.15) is 0 Å². The van der Waals surface area contributed by atoms with Gasteiger partial charge in [-0.2, -0.15) is 0 Å². The van der Waals surface area contributed by atoms with Crippen LogP contribution >= 0.6 is 11.6 Å². The number of rotatable bonds is 7. The van der Waals surface area contributed by atoms with E-state index >= 15 is 0 Å². The Hall–Kier alpha value is -3.06. The molecule has 0 unspecified atom stereocenters. The van der Waals surface area contributed by atoms with Crippen molar-refractivity contribution >= 4 is 34.9 Å². The molecule has 0 spiro atoms. The number of hydrogen-bond donors (Lipinski definition) is 1. The van der Waals surface area contributed by atoms with Crippen LogP contribution < -0.4 is 14.8 Å². The molecular weight excluding hydrogens is 410 g/mol. The summed E-state index contributed by atoms with van der Waals surface area (Å²) in [6.07, 6.45) is 0. The van der Waals surface area contributed by atoms with E-state index in [1.54, 1.807) is 45.0 Å². The number of carbonyl (C=O) groups excluding carboxylic acids is 3. The van der Waals surface area contributed by atoms with Gasteiger partial charge in [-0.05, 0) is 12.1 Å². The molecule has 0 heterocycles. The molecule has 0 fully saturated rings. The summed E-state index contributed by atoms with van der Waals surface area (Å²) >= 11 is 6.09. The smallest absolute Gasteiger partial charge is 0.340 e. The molecule has 0 aliphatic rings. The molecule has 0 saturated heterocycles. The minimum atomic E-state index is -0.789. The van der Waals surface area contributed by atoms with Gasteiger partial charge in [0.25, 0.3) is 5.91 Å². The zero-order chi connectivity index (χ0) is 22.5. The lowest BCUT2D eigenvalue weighted by molar-refractivity contribution is -0.129. The van der Waals surface area contributed by atoms with Crippen molar-refractivity contribution in [3.8, 4) is 11.5 Å². The van der Waals surface area contributed by atoms with Crippen LogP contribution in [0.2, 0.25) is 5.02 Å². The first-order valence-corrected chi connectivity index (χ1v) is 9.48. The number of methoxy groups -OCH3 is 2. The van der Waals surface area contributed by atoms with Crippen LogP contribution in [0.1, 0.15) is 41.5 Å². The molecule has 8 heteroatoms. The van der Waals surface area contributed by atoms with Gasteiger partial charge in [-0.1, -0.05) is 44.5 Å². The van der Waals surface area contributed by atoms with E-state index in [1.165, 1.54) is 26.4 Å². The van der Waals surface area contributed by atoms with Crippen molar-refractivity contribution in [2.24, 2.45) is 5.41 Å². The van der Waals surface area contributed by atoms with Crippen molar-refractivity contribution in [3.63, 3.8) is 0 Å². The third kappa shape index (κ3) is 5.51. The Morgan fingerprint density at radius 2 is 1.57 bits per heavy atom. The third-order valence-electron chi connectivity index (χ3n) is 4.28. The first kappa shape index (κ1) is 23.2. The van der Waals surface area contributed by atoms with Gasteiger partial charge in [-0.3, -0.25) is 9.59 Å². The molecular formula is C22H24ClNO6. The topological polar surface area (TPSA) is 90.9 Å². The number of nitrogens with one attached hydrogen (secondary N) is 1. The number of anilines is 1. The summed E-state index contributed by atoms with van der Waals surface area (Å²) in [5, 5.41) is 2.91. The van der Waals surface area contributed by atoms with Crippen molar-refractivity contribution < 1.29 is 28.6 Å². The summed E-state index contributed by atoms with van der Waals surface area (Å²) in [5.74, 6) is -0.981. The molecule has 2 aromatic rings. The second kappa shape index (κ2) is 9.63. The van der Waals surface area contributed by atoms with Crippen LogP contribution in [0.15, 0.2) is 36.4 Å². The number of hydrogen-bond acceptors (Lipinski definition) is 6. The van der Waals surface area contributed by atoms with Gasteiger partial charge < -0.3 is 19.5 Å². The summed E-state index contributed by atoms with van der Waals surface area (Å²) < 4.78 is 15.7. The van der Waals surface area contributed by atoms with E-state index in [2.05, 4.69) is 5.32 Å². The highest BCUT2D eigenvalue weighted by atomic mass is 35.5. The molecule has 0 bridgehead atoms. The second-order valence-electron chi connectivity index (χ2n) is 7.44. The lowest BCUT2D eigenvalue weighted by Crippen LogP contribution is -2.26. The Morgan fingerprint density at radius 3 is 2.13 bits per heavy atom. The molecule has 0 saturated carbocycles. The number of Topliss-reactive ketones (excluding diaryl/α,β-unsaturated/α-hetero) is 1. The number of esters is 1. The number of carbonyl (C=O) groups is 3. The van der Waals surface area contributed by atoms with Gasteiger partial charge in [-0.15, -0.1) is 0 Å². The fourth-order valence-electron chi connectivity index (χ4n) is 2.41. The van der Waals surface area contributed by atoms with E-state index in [0.717, 1.165) is 0 Å². The molecule has 7 nitrogen and oxygen atoms in total. The van der Waals surface area contributed by atoms with Crippen LogP contribution in [-0.4, -0.2) is 38.5 Å². The second-order valence-corrected chi connectivity index (χ2v) is 7.84. The first-order chi connectivity index (χ1) is 14.1. The SMILES string of the molecule is COc1cc(NC(=O)c2ccccc2Cl)c(C(=O)OCC(=O)C(C)(C)C)cc1OC. The van der Waals surface area contributed by atoms with Crippen molar-refractivity contribution in [2.45, 2.75) is 20.8 Å². The van der Waals surface area contributed by atoms with Crippen molar-refractivity contribution in [2.75, 3.05) is 26.1 Å². The molecule has 1 N–H and O–H groups in total. The van der Waals surface area contributed by atoms with Gasteiger partial charge in [0.15, 0.2) is 23.9 Å². The Bertz CT molecular complexity index is 965. The fraction of sp³-hybridized carbons (Fsp3) is 0.318. The van der Waals surface area contributed by atoms with Crippen LogP contribution in [0.4, 0.5) is 5.69 Å². The zero-order valence-electron chi connectivity index (χ0n) is 17.5.